The van der Waals surface area contributed by atoms with Crippen LogP contribution in [0.2, 0.25) is 13.1 Å². The molecule has 0 amide bonds. The number of rotatable bonds is 4. The van der Waals surface area contributed by atoms with Crippen LogP contribution < -0.4 is 5.46 Å². The third-order valence-corrected chi connectivity index (χ3v) is 6.79. The highest BCUT2D eigenvalue weighted by atomic mass is 28.3. The molecule has 1 aliphatic heterocycles. The summed E-state index contributed by atoms with van der Waals surface area (Å²) in [5.74, 6) is 0. The van der Waals surface area contributed by atoms with Crippen molar-refractivity contribution >= 4 is 21.6 Å². The molecule has 0 atom stereocenters. The van der Waals surface area contributed by atoms with Gasteiger partial charge in [-0.2, -0.15) is 5.10 Å². The number of aromatic nitrogens is 2. The van der Waals surface area contributed by atoms with E-state index in [0.717, 1.165) is 31.1 Å². The second-order valence-corrected chi connectivity index (χ2v) is 10.7. The Labute approximate surface area is 154 Å². The molecule has 5 nitrogen and oxygen atoms in total. The van der Waals surface area contributed by atoms with E-state index in [-0.39, 0.29) is 18.3 Å². The summed E-state index contributed by atoms with van der Waals surface area (Å²) < 4.78 is 20.7. The smallest absolute Gasteiger partial charge is 0.414 e. The zero-order chi connectivity index (χ0) is 18.4. The number of hydrogen-bond donors (Lipinski definition) is 0. The van der Waals surface area contributed by atoms with Crippen LogP contribution in [0.1, 0.15) is 65.1 Å². The van der Waals surface area contributed by atoms with Crippen LogP contribution in [0.15, 0.2) is 6.20 Å². The molecule has 1 aliphatic carbocycles. The summed E-state index contributed by atoms with van der Waals surface area (Å²) >= 11 is 0. The van der Waals surface area contributed by atoms with E-state index in [2.05, 4.69) is 57.5 Å². The lowest BCUT2D eigenvalue weighted by Gasteiger charge is -2.32. The van der Waals surface area contributed by atoms with Crippen molar-refractivity contribution in [2.24, 2.45) is 0 Å². The summed E-state index contributed by atoms with van der Waals surface area (Å²) in [7, 11) is -0.937. The van der Waals surface area contributed by atoms with Gasteiger partial charge in [0.1, 0.15) is 0 Å². The fourth-order valence-electron chi connectivity index (χ4n) is 3.75. The van der Waals surface area contributed by atoms with Crippen LogP contribution in [0.25, 0.3) is 0 Å². The molecule has 1 radical (unpaired) electrons. The highest BCUT2D eigenvalue weighted by molar-refractivity contribution is 6.62. The molecule has 0 N–H and O–H groups in total. The van der Waals surface area contributed by atoms with Crippen LogP contribution in [-0.2, 0) is 13.7 Å². The van der Waals surface area contributed by atoms with Crippen molar-refractivity contribution in [3.8, 4) is 0 Å². The molecule has 2 fully saturated rings. The highest BCUT2D eigenvalue weighted by Gasteiger charge is 2.52. The van der Waals surface area contributed by atoms with Crippen LogP contribution in [0.5, 0.6) is 0 Å². The zero-order valence-corrected chi connectivity index (χ0v) is 17.8. The largest absolute Gasteiger partial charge is 0.498 e. The molecule has 2 heterocycles. The van der Waals surface area contributed by atoms with E-state index in [0.29, 0.717) is 12.1 Å². The first kappa shape index (κ1) is 19.1. The summed E-state index contributed by atoms with van der Waals surface area (Å²) in [5.41, 5.74) is 1.59. The fourth-order valence-corrected chi connectivity index (χ4v) is 4.65. The molecule has 0 aromatic carbocycles. The van der Waals surface area contributed by atoms with Crippen LogP contribution in [0.4, 0.5) is 0 Å². The van der Waals surface area contributed by atoms with Crippen molar-refractivity contribution in [2.75, 3.05) is 0 Å². The van der Waals surface area contributed by atoms with E-state index in [1.165, 1.54) is 5.69 Å². The molecule has 0 spiro atoms. The summed E-state index contributed by atoms with van der Waals surface area (Å²) in [4.78, 5) is 0. The van der Waals surface area contributed by atoms with Crippen molar-refractivity contribution in [1.82, 2.24) is 9.78 Å². The Morgan fingerprint density at radius 3 is 2.20 bits per heavy atom. The van der Waals surface area contributed by atoms with Crippen molar-refractivity contribution in [3.05, 3.63) is 11.9 Å². The van der Waals surface area contributed by atoms with Gasteiger partial charge in [0.25, 0.3) is 0 Å². The minimum atomic E-state index is -0.607. The number of nitrogens with zero attached hydrogens (tertiary/aromatic N) is 2. The molecular formula is C18H32BN2O3Si. The Bertz CT molecular complexity index is 593. The predicted molar refractivity (Wildman–Crippen MR) is 103 cm³/mol. The molecule has 3 rings (SSSR count). The zero-order valence-electron chi connectivity index (χ0n) is 16.8. The second-order valence-electron chi connectivity index (χ2n) is 8.67. The Morgan fingerprint density at radius 2 is 1.68 bits per heavy atom. The first-order chi connectivity index (χ1) is 11.6. The highest BCUT2D eigenvalue weighted by Crippen LogP contribution is 2.37. The molecule has 25 heavy (non-hydrogen) atoms. The van der Waals surface area contributed by atoms with Crippen molar-refractivity contribution in [1.29, 1.82) is 0 Å². The van der Waals surface area contributed by atoms with Crippen LogP contribution in [0.3, 0.4) is 0 Å². The second kappa shape index (κ2) is 6.83. The van der Waals surface area contributed by atoms with Gasteiger partial charge in [-0.15, -0.1) is 0 Å². The van der Waals surface area contributed by atoms with Gasteiger partial charge in [0, 0.05) is 23.5 Å². The maximum atomic E-state index is 6.20. The molecule has 2 aliphatic rings. The molecule has 0 bridgehead atoms. The lowest BCUT2D eigenvalue weighted by Crippen LogP contribution is -2.41. The van der Waals surface area contributed by atoms with Gasteiger partial charge < -0.3 is 13.7 Å². The monoisotopic (exact) mass is 363 g/mol. The minimum absolute atomic E-state index is 0.318. The predicted octanol–water partition coefficient (Wildman–Crippen LogP) is 3.24. The SMILES string of the molecule is Cc1c(B2OC(C)(C)C(C)(C)O2)cnn1C1CCC(O[Si](C)C)CC1. The molecule has 1 aromatic heterocycles. The van der Waals surface area contributed by atoms with E-state index in [1.807, 2.05) is 6.20 Å². The molecule has 7 heteroatoms. The van der Waals surface area contributed by atoms with Gasteiger partial charge in [-0.05, 0) is 73.4 Å². The van der Waals surface area contributed by atoms with E-state index in [9.17, 15) is 0 Å². The lowest BCUT2D eigenvalue weighted by atomic mass is 9.79. The first-order valence-electron chi connectivity index (χ1n) is 9.47. The molecule has 139 valence electrons. The third kappa shape index (κ3) is 3.75. The van der Waals surface area contributed by atoms with Crippen LogP contribution >= 0.6 is 0 Å². The van der Waals surface area contributed by atoms with E-state index < -0.39 is 9.04 Å². The van der Waals surface area contributed by atoms with Gasteiger partial charge in [-0.25, -0.2) is 0 Å². The molecule has 0 unspecified atom stereocenters. The van der Waals surface area contributed by atoms with Crippen molar-refractivity contribution < 1.29 is 13.7 Å². The van der Waals surface area contributed by atoms with Crippen LogP contribution in [0, 0.1) is 6.92 Å². The van der Waals surface area contributed by atoms with Crippen molar-refractivity contribution in [2.45, 2.75) is 96.7 Å². The molecule has 1 aromatic rings. The molecule has 1 saturated carbocycles. The van der Waals surface area contributed by atoms with Gasteiger partial charge in [-0.3, -0.25) is 4.68 Å². The minimum Gasteiger partial charge on any atom is -0.414 e. The standard InChI is InChI=1S/C18H32BN2O3Si/c1-13-16(19-23-17(2,3)18(4,5)24-19)12-20-21(13)14-8-10-15(11-9-14)22-25(6)7/h12,14-15H,8-11H2,1-7H3. The Morgan fingerprint density at radius 1 is 1.12 bits per heavy atom. The fraction of sp³-hybridized carbons (Fsp3) is 0.833. The van der Waals surface area contributed by atoms with Gasteiger partial charge in [0.2, 0.25) is 9.04 Å². The summed E-state index contributed by atoms with van der Waals surface area (Å²) in [6.45, 7) is 14.9. The normalized spacial score (nSPS) is 28.7. The van der Waals surface area contributed by atoms with Gasteiger partial charge >= 0.3 is 7.12 Å². The van der Waals surface area contributed by atoms with Gasteiger partial charge in [0.15, 0.2) is 0 Å². The Hall–Kier alpha value is -0.628. The Kier molecular flexibility index (Phi) is 5.23. The van der Waals surface area contributed by atoms with E-state index in [1.54, 1.807) is 0 Å². The van der Waals surface area contributed by atoms with E-state index in [4.69, 9.17) is 13.7 Å². The quantitative estimate of drug-likeness (QED) is 0.771. The lowest BCUT2D eigenvalue weighted by molar-refractivity contribution is 0.00578. The van der Waals surface area contributed by atoms with E-state index >= 15 is 0 Å². The third-order valence-electron chi connectivity index (χ3n) is 5.98. The van der Waals surface area contributed by atoms with Gasteiger partial charge in [-0.1, -0.05) is 0 Å². The average molecular weight is 363 g/mol. The summed E-state index contributed by atoms with van der Waals surface area (Å²) in [6.07, 6.45) is 6.89. The first-order valence-corrected chi connectivity index (χ1v) is 11.9. The van der Waals surface area contributed by atoms with Crippen LogP contribution in [-0.4, -0.2) is 43.2 Å². The topological polar surface area (TPSA) is 45.5 Å². The molecule has 1 saturated heterocycles. The summed E-state index contributed by atoms with van der Waals surface area (Å²) in [5, 5.41) is 4.69. The van der Waals surface area contributed by atoms with Crippen molar-refractivity contribution in [3.63, 3.8) is 0 Å². The maximum Gasteiger partial charge on any atom is 0.498 e. The molecular weight excluding hydrogens is 331 g/mol. The maximum absolute atomic E-state index is 6.20. The van der Waals surface area contributed by atoms with Gasteiger partial charge in [0.05, 0.1) is 17.2 Å². The average Bonchev–Trinajstić information content (AvgIpc) is 2.97. The Balaban J connectivity index is 1.69. The number of hydrogen-bond acceptors (Lipinski definition) is 4. The summed E-state index contributed by atoms with van der Waals surface area (Å²) in [6, 6.07) is 0.459.